The summed E-state index contributed by atoms with van der Waals surface area (Å²) in [7, 11) is 0. The van der Waals surface area contributed by atoms with Crippen LogP contribution < -0.4 is 0 Å². The molecule has 4 heteroatoms. The summed E-state index contributed by atoms with van der Waals surface area (Å²) in [6, 6.07) is 0. The van der Waals surface area contributed by atoms with Crippen molar-refractivity contribution in [2.24, 2.45) is 23.2 Å². The molecule has 2 fully saturated rings. The van der Waals surface area contributed by atoms with Crippen LogP contribution >= 0.6 is 0 Å². The second kappa shape index (κ2) is 8.96. The normalized spacial score (nSPS) is 26.6. The van der Waals surface area contributed by atoms with Gasteiger partial charge in [0, 0.05) is 0 Å². The van der Waals surface area contributed by atoms with Gasteiger partial charge in [-0.1, -0.05) is 34.6 Å². The second-order valence-electron chi connectivity index (χ2n) is 10.6. The zero-order valence-electron chi connectivity index (χ0n) is 18.3. The average Bonchev–Trinajstić information content (AvgIpc) is 2.98. The molecule has 27 heavy (non-hydrogen) atoms. The van der Waals surface area contributed by atoms with Crippen molar-refractivity contribution in [3.05, 3.63) is 0 Å². The number of ether oxygens (including phenoxy) is 2. The lowest BCUT2D eigenvalue weighted by Crippen LogP contribution is -2.37. The van der Waals surface area contributed by atoms with Crippen molar-refractivity contribution < 1.29 is 19.1 Å². The fourth-order valence-electron chi connectivity index (χ4n) is 4.52. The topological polar surface area (TPSA) is 52.6 Å². The minimum absolute atomic E-state index is 0.0869. The Bertz CT molecular complexity index is 511. The highest BCUT2D eigenvalue weighted by atomic mass is 16.6. The van der Waals surface area contributed by atoms with E-state index in [0.717, 1.165) is 51.4 Å². The minimum Gasteiger partial charge on any atom is -0.462 e. The molecule has 3 unspecified atom stereocenters. The van der Waals surface area contributed by atoms with Gasteiger partial charge in [0.2, 0.25) is 0 Å². The summed E-state index contributed by atoms with van der Waals surface area (Å²) in [6.07, 6.45) is 8.10. The fraction of sp³-hybridized carbons (Fsp3) is 0.913. The van der Waals surface area contributed by atoms with Crippen molar-refractivity contribution >= 4 is 11.9 Å². The standard InChI is InChI=1S/C23H40O4/c1-16(2)19(15-22(3,4)5)21(25)26-18-11-9-10-17(14-18)20(24)27-23(6)12-7-8-13-23/h16-19H,7-15H2,1-6H3. The Morgan fingerprint density at radius 1 is 1.07 bits per heavy atom. The largest absolute Gasteiger partial charge is 0.462 e. The van der Waals surface area contributed by atoms with E-state index in [4.69, 9.17) is 9.47 Å². The Labute approximate surface area is 165 Å². The molecule has 2 aliphatic rings. The first-order valence-electron chi connectivity index (χ1n) is 10.9. The van der Waals surface area contributed by atoms with Gasteiger partial charge in [-0.05, 0) is 76.0 Å². The van der Waals surface area contributed by atoms with Gasteiger partial charge in [-0.25, -0.2) is 0 Å². The van der Waals surface area contributed by atoms with Crippen LogP contribution in [0.25, 0.3) is 0 Å². The second-order valence-corrected chi connectivity index (χ2v) is 10.6. The van der Waals surface area contributed by atoms with Gasteiger partial charge in [0.1, 0.15) is 11.7 Å². The molecule has 2 saturated carbocycles. The van der Waals surface area contributed by atoms with E-state index in [2.05, 4.69) is 41.5 Å². The number of carbonyl (C=O) groups excluding carboxylic acids is 2. The van der Waals surface area contributed by atoms with Gasteiger partial charge in [0.25, 0.3) is 0 Å². The van der Waals surface area contributed by atoms with Crippen LogP contribution in [-0.2, 0) is 19.1 Å². The van der Waals surface area contributed by atoms with E-state index in [9.17, 15) is 9.59 Å². The summed E-state index contributed by atoms with van der Waals surface area (Å²) in [5.74, 6) is -0.149. The predicted molar refractivity (Wildman–Crippen MR) is 107 cm³/mol. The van der Waals surface area contributed by atoms with Crippen molar-refractivity contribution in [2.75, 3.05) is 0 Å². The molecular formula is C23H40O4. The van der Waals surface area contributed by atoms with E-state index >= 15 is 0 Å². The highest BCUT2D eigenvalue weighted by Gasteiger charge is 2.38. The molecule has 0 saturated heterocycles. The van der Waals surface area contributed by atoms with E-state index < -0.39 is 0 Å². The van der Waals surface area contributed by atoms with Gasteiger partial charge in [-0.2, -0.15) is 0 Å². The van der Waals surface area contributed by atoms with Crippen LogP contribution in [0.3, 0.4) is 0 Å². The van der Waals surface area contributed by atoms with Gasteiger partial charge < -0.3 is 9.47 Å². The SMILES string of the molecule is CC(C)C(CC(C)(C)C)C(=O)OC1CCCC(C(=O)OC2(C)CCCC2)C1. The molecule has 4 nitrogen and oxygen atoms in total. The molecule has 2 rings (SSSR count). The number of hydrogen-bond acceptors (Lipinski definition) is 4. The lowest BCUT2D eigenvalue weighted by Gasteiger charge is -2.33. The highest BCUT2D eigenvalue weighted by molar-refractivity contribution is 5.74. The van der Waals surface area contributed by atoms with Crippen LogP contribution in [-0.4, -0.2) is 23.6 Å². The zero-order valence-corrected chi connectivity index (χ0v) is 18.3. The van der Waals surface area contributed by atoms with Crippen molar-refractivity contribution in [3.63, 3.8) is 0 Å². The van der Waals surface area contributed by atoms with E-state index in [0.29, 0.717) is 6.42 Å². The molecule has 0 aromatic carbocycles. The number of rotatable bonds is 6. The summed E-state index contributed by atoms with van der Waals surface area (Å²) in [5.41, 5.74) is -0.195. The first kappa shape index (κ1) is 22.2. The molecular weight excluding hydrogens is 340 g/mol. The Balaban J connectivity index is 1.91. The Morgan fingerprint density at radius 2 is 1.70 bits per heavy atom. The van der Waals surface area contributed by atoms with Crippen LogP contribution in [0.4, 0.5) is 0 Å². The molecule has 0 spiro atoms. The predicted octanol–water partition coefficient (Wildman–Crippen LogP) is 5.67. The highest BCUT2D eigenvalue weighted by Crippen LogP contribution is 2.36. The molecule has 0 aromatic rings. The van der Waals surface area contributed by atoms with Gasteiger partial charge >= 0.3 is 11.9 Å². The van der Waals surface area contributed by atoms with Crippen LogP contribution in [0.2, 0.25) is 0 Å². The smallest absolute Gasteiger partial charge is 0.309 e. The lowest BCUT2D eigenvalue weighted by molar-refractivity contribution is -0.170. The molecule has 0 heterocycles. The van der Waals surface area contributed by atoms with E-state index in [-0.39, 0.29) is 46.8 Å². The van der Waals surface area contributed by atoms with Crippen LogP contribution in [0, 0.1) is 23.2 Å². The molecule has 3 atom stereocenters. The number of hydrogen-bond donors (Lipinski definition) is 0. The van der Waals surface area contributed by atoms with Gasteiger partial charge in [-0.15, -0.1) is 0 Å². The molecule has 0 aliphatic heterocycles. The lowest BCUT2D eigenvalue weighted by atomic mass is 9.79. The summed E-state index contributed by atoms with van der Waals surface area (Å²) in [6.45, 7) is 12.7. The molecule has 0 amide bonds. The minimum atomic E-state index is -0.282. The maximum absolute atomic E-state index is 12.8. The first-order chi connectivity index (χ1) is 12.5. The third kappa shape index (κ3) is 6.80. The molecule has 156 valence electrons. The monoisotopic (exact) mass is 380 g/mol. The third-order valence-electron chi connectivity index (χ3n) is 6.19. The van der Waals surface area contributed by atoms with E-state index in [1.165, 1.54) is 0 Å². The van der Waals surface area contributed by atoms with Crippen LogP contribution in [0.1, 0.15) is 99.3 Å². The molecule has 2 aliphatic carbocycles. The third-order valence-corrected chi connectivity index (χ3v) is 6.19. The summed E-state index contributed by atoms with van der Waals surface area (Å²) >= 11 is 0. The van der Waals surface area contributed by atoms with Crippen LogP contribution in [0.15, 0.2) is 0 Å². The quantitative estimate of drug-likeness (QED) is 0.557. The maximum Gasteiger partial charge on any atom is 0.309 e. The van der Waals surface area contributed by atoms with Crippen molar-refractivity contribution in [1.29, 1.82) is 0 Å². The number of carbonyl (C=O) groups is 2. The van der Waals surface area contributed by atoms with Gasteiger partial charge in [0.15, 0.2) is 0 Å². The van der Waals surface area contributed by atoms with Crippen LogP contribution in [0.5, 0.6) is 0 Å². The fourth-order valence-corrected chi connectivity index (χ4v) is 4.52. The zero-order chi connectivity index (χ0) is 20.2. The Kier molecular flexibility index (Phi) is 7.38. The summed E-state index contributed by atoms with van der Waals surface area (Å²) < 4.78 is 11.8. The summed E-state index contributed by atoms with van der Waals surface area (Å²) in [4.78, 5) is 25.5. The van der Waals surface area contributed by atoms with Gasteiger partial charge in [0.05, 0.1) is 11.8 Å². The summed E-state index contributed by atoms with van der Waals surface area (Å²) in [5, 5.41) is 0. The van der Waals surface area contributed by atoms with E-state index in [1.54, 1.807) is 0 Å². The van der Waals surface area contributed by atoms with Crippen molar-refractivity contribution in [1.82, 2.24) is 0 Å². The molecule has 0 radical (unpaired) electrons. The van der Waals surface area contributed by atoms with Crippen molar-refractivity contribution in [2.45, 2.75) is 111 Å². The van der Waals surface area contributed by atoms with Crippen molar-refractivity contribution in [3.8, 4) is 0 Å². The first-order valence-corrected chi connectivity index (χ1v) is 10.9. The Morgan fingerprint density at radius 3 is 2.26 bits per heavy atom. The molecule has 0 bridgehead atoms. The molecule has 0 aromatic heterocycles. The Hall–Kier alpha value is -1.06. The van der Waals surface area contributed by atoms with E-state index in [1.807, 2.05) is 0 Å². The molecule has 0 N–H and O–H groups in total. The van der Waals surface area contributed by atoms with Gasteiger partial charge in [-0.3, -0.25) is 9.59 Å². The number of esters is 2. The average molecular weight is 381 g/mol. The maximum atomic E-state index is 12.8.